The zero-order valence-corrected chi connectivity index (χ0v) is 10.3. The molecule has 3 rings (SSSR count). The van der Waals surface area contributed by atoms with E-state index in [4.69, 9.17) is 4.74 Å². The Morgan fingerprint density at radius 3 is 2.28 bits per heavy atom. The minimum absolute atomic E-state index is 0.322. The van der Waals surface area contributed by atoms with E-state index in [0.717, 1.165) is 19.8 Å². The average molecular weight is 239 g/mol. The van der Waals surface area contributed by atoms with Crippen molar-refractivity contribution >= 4 is 5.69 Å². The highest BCUT2D eigenvalue weighted by Gasteiger charge is 2.24. The fourth-order valence-electron chi connectivity index (χ4n) is 2.48. The van der Waals surface area contributed by atoms with Crippen LogP contribution in [0.4, 0.5) is 5.69 Å². The van der Waals surface area contributed by atoms with Crippen LogP contribution in [0.15, 0.2) is 60.7 Å². The second-order valence-electron chi connectivity index (χ2n) is 4.53. The molecule has 0 saturated carbocycles. The molecule has 0 aliphatic carbocycles. The predicted octanol–water partition coefficient (Wildman–Crippen LogP) is 3.26. The van der Waals surface area contributed by atoms with Crippen LogP contribution in [0.3, 0.4) is 0 Å². The molecule has 2 heteroatoms. The summed E-state index contributed by atoms with van der Waals surface area (Å²) in [5, 5.41) is 0. The van der Waals surface area contributed by atoms with Crippen molar-refractivity contribution in [1.82, 2.24) is 0 Å². The van der Waals surface area contributed by atoms with E-state index in [0.29, 0.717) is 6.04 Å². The van der Waals surface area contributed by atoms with Crippen molar-refractivity contribution in [3.05, 3.63) is 66.2 Å². The molecule has 2 aromatic carbocycles. The van der Waals surface area contributed by atoms with Crippen LogP contribution in [-0.4, -0.2) is 19.8 Å². The van der Waals surface area contributed by atoms with Crippen LogP contribution in [0, 0.1) is 0 Å². The lowest BCUT2D eigenvalue weighted by Crippen LogP contribution is -2.39. The standard InChI is InChI=1S/C16H17NO/c1-3-7-14(8-4-1)16-13-18-12-11-17(16)15-9-5-2-6-10-15/h1-10,16H,11-13H2/t16-/m1/s1. The topological polar surface area (TPSA) is 12.5 Å². The van der Waals surface area contributed by atoms with Gasteiger partial charge in [-0.2, -0.15) is 0 Å². The van der Waals surface area contributed by atoms with Gasteiger partial charge in [0.15, 0.2) is 0 Å². The Morgan fingerprint density at radius 1 is 0.889 bits per heavy atom. The third-order valence-electron chi connectivity index (χ3n) is 3.40. The van der Waals surface area contributed by atoms with E-state index in [1.54, 1.807) is 0 Å². The van der Waals surface area contributed by atoms with Gasteiger partial charge in [0, 0.05) is 12.2 Å². The number of rotatable bonds is 2. The third kappa shape index (κ3) is 2.24. The van der Waals surface area contributed by atoms with Gasteiger partial charge in [0.2, 0.25) is 0 Å². The Labute approximate surface area is 108 Å². The van der Waals surface area contributed by atoms with Gasteiger partial charge >= 0.3 is 0 Å². The molecule has 0 amide bonds. The van der Waals surface area contributed by atoms with Crippen molar-refractivity contribution in [2.45, 2.75) is 6.04 Å². The summed E-state index contributed by atoms with van der Waals surface area (Å²) in [5.74, 6) is 0. The van der Waals surface area contributed by atoms with Gasteiger partial charge in [-0.05, 0) is 17.7 Å². The van der Waals surface area contributed by atoms with Crippen LogP contribution in [0.5, 0.6) is 0 Å². The Morgan fingerprint density at radius 2 is 1.56 bits per heavy atom. The lowest BCUT2D eigenvalue weighted by atomic mass is 10.0. The van der Waals surface area contributed by atoms with Crippen molar-refractivity contribution < 1.29 is 4.74 Å². The number of benzene rings is 2. The molecular weight excluding hydrogens is 222 g/mol. The van der Waals surface area contributed by atoms with Crippen LogP contribution < -0.4 is 4.90 Å². The molecule has 0 unspecified atom stereocenters. The maximum Gasteiger partial charge on any atom is 0.0777 e. The lowest BCUT2D eigenvalue weighted by Gasteiger charge is -2.37. The zero-order valence-electron chi connectivity index (χ0n) is 10.3. The molecule has 2 aromatic rings. The van der Waals surface area contributed by atoms with Crippen LogP contribution in [0.2, 0.25) is 0 Å². The maximum atomic E-state index is 5.65. The molecule has 1 fully saturated rings. The first-order chi connectivity index (χ1) is 8.95. The maximum absolute atomic E-state index is 5.65. The predicted molar refractivity (Wildman–Crippen MR) is 73.8 cm³/mol. The number of ether oxygens (including phenoxy) is 1. The van der Waals surface area contributed by atoms with Crippen molar-refractivity contribution in [3.8, 4) is 0 Å². The van der Waals surface area contributed by atoms with Crippen molar-refractivity contribution in [2.75, 3.05) is 24.7 Å². The van der Waals surface area contributed by atoms with Crippen molar-refractivity contribution in [2.24, 2.45) is 0 Å². The lowest BCUT2D eigenvalue weighted by molar-refractivity contribution is 0.0941. The van der Waals surface area contributed by atoms with Gasteiger partial charge in [-0.1, -0.05) is 48.5 Å². The molecule has 1 heterocycles. The van der Waals surface area contributed by atoms with Gasteiger partial charge in [-0.25, -0.2) is 0 Å². The normalized spacial score (nSPS) is 19.8. The summed E-state index contributed by atoms with van der Waals surface area (Å²) < 4.78 is 5.65. The molecule has 1 saturated heterocycles. The molecule has 1 aliphatic heterocycles. The molecule has 1 atom stereocenters. The van der Waals surface area contributed by atoms with Crippen molar-refractivity contribution in [3.63, 3.8) is 0 Å². The molecular formula is C16H17NO. The van der Waals surface area contributed by atoms with Gasteiger partial charge in [0.05, 0.1) is 19.3 Å². The largest absolute Gasteiger partial charge is 0.377 e. The van der Waals surface area contributed by atoms with Gasteiger partial charge in [-0.15, -0.1) is 0 Å². The highest BCUT2D eigenvalue weighted by atomic mass is 16.5. The van der Waals surface area contributed by atoms with Gasteiger partial charge in [0.25, 0.3) is 0 Å². The van der Waals surface area contributed by atoms with Crippen molar-refractivity contribution in [1.29, 1.82) is 0 Å². The fraction of sp³-hybridized carbons (Fsp3) is 0.250. The van der Waals surface area contributed by atoms with E-state index >= 15 is 0 Å². The SMILES string of the molecule is c1ccc([C@H]2COCCN2c2ccccc2)cc1. The quantitative estimate of drug-likeness (QED) is 0.797. The van der Waals surface area contributed by atoms with Crippen LogP contribution in [0.1, 0.15) is 11.6 Å². The molecule has 2 nitrogen and oxygen atoms in total. The number of morpholine rings is 1. The molecule has 0 N–H and O–H groups in total. The number of hydrogen-bond donors (Lipinski definition) is 0. The summed E-state index contributed by atoms with van der Waals surface area (Å²) in [6.45, 7) is 2.51. The Bertz CT molecular complexity index is 435. The smallest absolute Gasteiger partial charge is 0.0777 e. The Hall–Kier alpha value is -1.80. The van der Waals surface area contributed by atoms with E-state index in [9.17, 15) is 0 Å². The summed E-state index contributed by atoms with van der Waals surface area (Å²) in [6, 6.07) is 21.5. The van der Waals surface area contributed by atoms with Gasteiger partial charge in [-0.3, -0.25) is 0 Å². The average Bonchev–Trinajstić information content (AvgIpc) is 2.49. The van der Waals surface area contributed by atoms with Crippen LogP contribution in [-0.2, 0) is 4.74 Å². The molecule has 0 radical (unpaired) electrons. The summed E-state index contributed by atoms with van der Waals surface area (Å²) in [6.07, 6.45) is 0. The van der Waals surface area contributed by atoms with Gasteiger partial charge < -0.3 is 9.64 Å². The second kappa shape index (κ2) is 5.23. The summed E-state index contributed by atoms with van der Waals surface area (Å²) in [4.78, 5) is 2.43. The van der Waals surface area contributed by atoms with E-state index < -0.39 is 0 Å². The third-order valence-corrected chi connectivity index (χ3v) is 3.40. The van der Waals surface area contributed by atoms with E-state index in [1.807, 2.05) is 0 Å². The number of hydrogen-bond acceptors (Lipinski definition) is 2. The summed E-state index contributed by atoms with van der Waals surface area (Å²) in [5.41, 5.74) is 2.59. The summed E-state index contributed by atoms with van der Waals surface area (Å²) >= 11 is 0. The first-order valence-electron chi connectivity index (χ1n) is 6.39. The fourth-order valence-corrected chi connectivity index (χ4v) is 2.48. The highest BCUT2D eigenvalue weighted by molar-refractivity contribution is 5.49. The molecule has 0 aromatic heterocycles. The Kier molecular flexibility index (Phi) is 3.29. The Balaban J connectivity index is 1.92. The monoisotopic (exact) mass is 239 g/mol. The minimum Gasteiger partial charge on any atom is -0.377 e. The molecule has 0 bridgehead atoms. The zero-order chi connectivity index (χ0) is 12.2. The van der Waals surface area contributed by atoms with E-state index in [1.165, 1.54) is 11.3 Å². The number of nitrogens with zero attached hydrogens (tertiary/aromatic N) is 1. The van der Waals surface area contributed by atoms with Crippen LogP contribution in [0.25, 0.3) is 0 Å². The minimum atomic E-state index is 0.322. The van der Waals surface area contributed by atoms with E-state index in [-0.39, 0.29) is 0 Å². The number of anilines is 1. The van der Waals surface area contributed by atoms with Gasteiger partial charge in [0.1, 0.15) is 0 Å². The van der Waals surface area contributed by atoms with E-state index in [2.05, 4.69) is 65.6 Å². The first kappa shape index (κ1) is 11.3. The molecule has 92 valence electrons. The summed E-state index contributed by atoms with van der Waals surface area (Å²) in [7, 11) is 0. The first-order valence-corrected chi connectivity index (χ1v) is 6.39. The van der Waals surface area contributed by atoms with Crippen LogP contribution >= 0.6 is 0 Å². The molecule has 0 spiro atoms. The second-order valence-corrected chi connectivity index (χ2v) is 4.53. The molecule has 1 aliphatic rings. The number of para-hydroxylation sites is 1. The molecule has 18 heavy (non-hydrogen) atoms. The highest BCUT2D eigenvalue weighted by Crippen LogP contribution is 2.29.